The molecule has 1 amide bonds. The number of primary amides is 1. The number of benzene rings is 1. The largest absolute Gasteiger partial charge is 0.369 e. The van der Waals surface area contributed by atoms with E-state index < -0.39 is 17.4 Å². The zero-order valence-electron chi connectivity index (χ0n) is 12.0. The molecule has 3 rings (SSSR count). The smallest absolute Gasteiger partial charge is 0.227 e. The van der Waals surface area contributed by atoms with Crippen LogP contribution in [0.3, 0.4) is 0 Å². The molecule has 1 aliphatic rings. The molecule has 5 heteroatoms. The first-order valence-electron chi connectivity index (χ1n) is 7.04. The van der Waals surface area contributed by atoms with Gasteiger partial charge in [-0.05, 0) is 29.3 Å². The summed E-state index contributed by atoms with van der Waals surface area (Å²) in [5, 5.41) is 8.34. The molecule has 2 N–H and O–H groups in total. The van der Waals surface area contributed by atoms with Crippen LogP contribution in [0, 0.1) is 0 Å². The van der Waals surface area contributed by atoms with E-state index in [0.29, 0.717) is 6.42 Å². The van der Waals surface area contributed by atoms with Gasteiger partial charge in [0.05, 0.1) is 5.92 Å². The molecule has 0 bridgehead atoms. The van der Waals surface area contributed by atoms with E-state index >= 15 is 0 Å². The summed E-state index contributed by atoms with van der Waals surface area (Å²) in [7, 11) is 0. The Balaban J connectivity index is 2.04. The van der Waals surface area contributed by atoms with Gasteiger partial charge in [-0.25, -0.2) is 0 Å². The summed E-state index contributed by atoms with van der Waals surface area (Å²) >= 11 is 0. The molecule has 22 heavy (non-hydrogen) atoms. The number of nitrogens with zero attached hydrogens (tertiary/aromatic N) is 3. The third-order valence-corrected chi connectivity index (χ3v) is 3.83. The molecule has 1 aliphatic heterocycles. The Labute approximate surface area is 128 Å². The van der Waals surface area contributed by atoms with Crippen molar-refractivity contribution in [3.05, 3.63) is 78.3 Å². The van der Waals surface area contributed by atoms with Crippen molar-refractivity contribution in [1.82, 2.24) is 4.98 Å². The van der Waals surface area contributed by atoms with Crippen LogP contribution < -0.4 is 5.73 Å². The first-order valence-corrected chi connectivity index (χ1v) is 7.04. The number of azo groups is 1. The van der Waals surface area contributed by atoms with Crippen molar-refractivity contribution < 1.29 is 4.79 Å². The summed E-state index contributed by atoms with van der Waals surface area (Å²) in [6.45, 7) is 0. The number of pyridine rings is 1. The minimum absolute atomic E-state index is 0.411. The summed E-state index contributed by atoms with van der Waals surface area (Å²) in [5.74, 6) is -0.977. The van der Waals surface area contributed by atoms with Gasteiger partial charge in [-0.2, -0.15) is 10.2 Å². The molecule has 0 saturated heterocycles. The van der Waals surface area contributed by atoms with Crippen LogP contribution in [0.1, 0.15) is 17.0 Å². The number of hydrogen-bond donors (Lipinski definition) is 1. The normalized spacial score (nSPS) is 20.9. The maximum absolute atomic E-state index is 12.2. The third kappa shape index (κ3) is 2.65. The number of carbonyl (C=O) groups excluding carboxylic acids is 1. The van der Waals surface area contributed by atoms with Crippen LogP contribution in [0.2, 0.25) is 0 Å². The van der Waals surface area contributed by atoms with Gasteiger partial charge >= 0.3 is 0 Å². The highest BCUT2D eigenvalue weighted by atomic mass is 16.1. The van der Waals surface area contributed by atoms with Crippen molar-refractivity contribution in [2.24, 2.45) is 16.0 Å². The molecule has 2 unspecified atom stereocenters. The lowest BCUT2D eigenvalue weighted by molar-refractivity contribution is -0.120. The fourth-order valence-electron chi connectivity index (χ4n) is 2.86. The lowest BCUT2D eigenvalue weighted by Gasteiger charge is -2.30. The summed E-state index contributed by atoms with van der Waals surface area (Å²) in [4.78, 5) is 16.2. The van der Waals surface area contributed by atoms with Crippen molar-refractivity contribution in [3.8, 4) is 0 Å². The van der Waals surface area contributed by atoms with Gasteiger partial charge in [0.15, 0.2) is 0 Å². The quantitative estimate of drug-likeness (QED) is 0.919. The van der Waals surface area contributed by atoms with E-state index in [0.717, 1.165) is 11.1 Å². The Morgan fingerprint density at radius 3 is 2.45 bits per heavy atom. The molecule has 0 radical (unpaired) electrons. The van der Waals surface area contributed by atoms with Gasteiger partial charge in [0.25, 0.3) is 0 Å². The van der Waals surface area contributed by atoms with Crippen LogP contribution in [0.5, 0.6) is 0 Å². The average molecular weight is 292 g/mol. The van der Waals surface area contributed by atoms with E-state index in [4.69, 9.17) is 5.73 Å². The number of amides is 1. The minimum Gasteiger partial charge on any atom is -0.369 e. The zero-order chi connectivity index (χ0) is 15.4. The lowest BCUT2D eigenvalue weighted by atomic mass is 9.75. The first-order chi connectivity index (χ1) is 10.7. The third-order valence-electron chi connectivity index (χ3n) is 3.83. The second kappa shape index (κ2) is 5.89. The monoisotopic (exact) mass is 292 g/mol. The highest BCUT2D eigenvalue weighted by Gasteiger charge is 2.43. The van der Waals surface area contributed by atoms with E-state index in [2.05, 4.69) is 15.2 Å². The highest BCUT2D eigenvalue weighted by molar-refractivity contribution is 5.84. The van der Waals surface area contributed by atoms with Crippen LogP contribution in [0.15, 0.2) is 77.4 Å². The number of hydrogen-bond acceptors (Lipinski definition) is 4. The average Bonchev–Trinajstić information content (AvgIpc) is 2.98. The number of rotatable bonds is 5. The van der Waals surface area contributed by atoms with E-state index in [1.54, 1.807) is 18.6 Å². The van der Waals surface area contributed by atoms with E-state index in [9.17, 15) is 4.79 Å². The maximum Gasteiger partial charge on any atom is 0.227 e. The van der Waals surface area contributed by atoms with Crippen molar-refractivity contribution >= 4 is 5.91 Å². The second-order valence-electron chi connectivity index (χ2n) is 5.30. The van der Waals surface area contributed by atoms with Crippen LogP contribution in [-0.4, -0.2) is 16.4 Å². The molecule has 2 atom stereocenters. The number of carbonyl (C=O) groups is 1. The molecule has 0 aliphatic carbocycles. The SMILES string of the molecule is NC(=O)C(c1ccccc1)C1(Cc2ccncc2)C=CN=N1. The van der Waals surface area contributed by atoms with Crippen molar-refractivity contribution in [3.63, 3.8) is 0 Å². The molecule has 2 heterocycles. The molecular weight excluding hydrogens is 276 g/mol. The maximum atomic E-state index is 12.2. The highest BCUT2D eigenvalue weighted by Crippen LogP contribution is 2.38. The van der Waals surface area contributed by atoms with Gasteiger partial charge < -0.3 is 5.73 Å². The van der Waals surface area contributed by atoms with Crippen molar-refractivity contribution in [2.75, 3.05) is 0 Å². The van der Waals surface area contributed by atoms with Gasteiger partial charge in [-0.1, -0.05) is 30.3 Å². The standard InChI is InChI=1S/C17H16N4O/c18-16(22)15(14-4-2-1-3-5-14)17(8-11-20-21-17)12-13-6-9-19-10-7-13/h1-11,15H,12H2,(H2,18,22). The summed E-state index contributed by atoms with van der Waals surface area (Å²) in [5.41, 5.74) is 6.79. The van der Waals surface area contributed by atoms with E-state index in [1.165, 1.54) is 0 Å². The molecule has 2 aromatic rings. The van der Waals surface area contributed by atoms with Gasteiger partial charge in [0.2, 0.25) is 5.91 Å². The predicted molar refractivity (Wildman–Crippen MR) is 83.0 cm³/mol. The zero-order valence-corrected chi connectivity index (χ0v) is 12.0. The molecule has 1 aromatic heterocycles. The van der Waals surface area contributed by atoms with Crippen LogP contribution in [0.4, 0.5) is 0 Å². The van der Waals surface area contributed by atoms with Gasteiger partial charge in [-0.3, -0.25) is 9.78 Å². The summed E-state index contributed by atoms with van der Waals surface area (Å²) < 4.78 is 0. The van der Waals surface area contributed by atoms with Gasteiger partial charge in [0, 0.05) is 25.0 Å². The fraction of sp³-hybridized carbons (Fsp3) is 0.176. The number of nitrogens with two attached hydrogens (primary N) is 1. The van der Waals surface area contributed by atoms with E-state index in [1.807, 2.05) is 48.5 Å². The molecule has 1 aromatic carbocycles. The fourth-order valence-corrected chi connectivity index (χ4v) is 2.86. The Morgan fingerprint density at radius 2 is 1.86 bits per heavy atom. The molecule has 0 saturated carbocycles. The number of aromatic nitrogens is 1. The molecule has 110 valence electrons. The first kappa shape index (κ1) is 14.1. The molecule has 5 nitrogen and oxygen atoms in total. The topological polar surface area (TPSA) is 80.7 Å². The molecular formula is C17H16N4O. The molecule has 0 fully saturated rings. The van der Waals surface area contributed by atoms with E-state index in [-0.39, 0.29) is 0 Å². The van der Waals surface area contributed by atoms with Crippen LogP contribution in [-0.2, 0) is 11.2 Å². The van der Waals surface area contributed by atoms with Crippen LogP contribution in [0.25, 0.3) is 0 Å². The minimum atomic E-state index is -0.783. The molecule has 0 spiro atoms. The van der Waals surface area contributed by atoms with Gasteiger partial charge in [-0.15, -0.1) is 0 Å². The summed E-state index contributed by atoms with van der Waals surface area (Å²) in [6.07, 6.45) is 7.47. The summed E-state index contributed by atoms with van der Waals surface area (Å²) in [6, 6.07) is 13.3. The predicted octanol–water partition coefficient (Wildman–Crippen LogP) is 2.61. The second-order valence-corrected chi connectivity index (χ2v) is 5.30. The van der Waals surface area contributed by atoms with Crippen molar-refractivity contribution in [1.29, 1.82) is 0 Å². The van der Waals surface area contributed by atoms with Gasteiger partial charge in [0.1, 0.15) is 5.54 Å². The lowest BCUT2D eigenvalue weighted by Crippen LogP contribution is -2.41. The van der Waals surface area contributed by atoms with Crippen LogP contribution >= 0.6 is 0 Å². The Kier molecular flexibility index (Phi) is 3.78. The Bertz CT molecular complexity index is 698. The van der Waals surface area contributed by atoms with Crippen molar-refractivity contribution in [2.45, 2.75) is 17.9 Å². The Hall–Kier alpha value is -2.82. The Morgan fingerprint density at radius 1 is 1.14 bits per heavy atom.